The highest BCUT2D eigenvalue weighted by Gasteiger charge is 2.36. The molecule has 0 fully saturated rings. The molecule has 0 radical (unpaired) electrons. The fourth-order valence-electron chi connectivity index (χ4n) is 2.83. The summed E-state index contributed by atoms with van der Waals surface area (Å²) >= 11 is 3.37. The van der Waals surface area contributed by atoms with Crippen LogP contribution in [0.1, 0.15) is 26.4 Å². The van der Waals surface area contributed by atoms with E-state index in [2.05, 4.69) is 15.9 Å². The van der Waals surface area contributed by atoms with Gasteiger partial charge < -0.3 is 14.0 Å². The van der Waals surface area contributed by atoms with Crippen molar-refractivity contribution in [2.24, 2.45) is 0 Å². The van der Waals surface area contributed by atoms with Gasteiger partial charge in [-0.2, -0.15) is 0 Å². The Hall–Kier alpha value is -1.93. The number of benzene rings is 1. The molecule has 0 N–H and O–H groups in total. The number of ether oxygens (including phenoxy) is 2. The molecule has 1 unspecified atom stereocenters. The Morgan fingerprint density at radius 1 is 1.08 bits per heavy atom. The number of fused-ring (bicyclic) bond motifs is 1. The van der Waals surface area contributed by atoms with Crippen molar-refractivity contribution in [1.29, 1.82) is 0 Å². The third-order valence-corrected chi connectivity index (χ3v) is 5.51. The van der Waals surface area contributed by atoms with Crippen LogP contribution in [0.15, 0.2) is 28.7 Å². The minimum absolute atomic E-state index is 0.133. The van der Waals surface area contributed by atoms with Gasteiger partial charge in [-0.05, 0) is 17.7 Å². The number of aromatic nitrogens is 1. The minimum Gasteiger partial charge on any atom is -0.465 e. The Morgan fingerprint density at radius 3 is 2.25 bits per heavy atom. The van der Waals surface area contributed by atoms with Crippen LogP contribution >= 0.6 is 15.9 Å². The lowest BCUT2D eigenvalue weighted by molar-refractivity contribution is 0.0556. The molecule has 1 atom stereocenters. The predicted octanol–water partition coefficient (Wildman–Crippen LogP) is 2.71. The third-order valence-electron chi connectivity index (χ3n) is 3.84. The molecule has 1 aliphatic heterocycles. The van der Waals surface area contributed by atoms with E-state index in [1.54, 1.807) is 4.57 Å². The molecule has 1 aliphatic rings. The first-order chi connectivity index (χ1) is 11.5. The van der Waals surface area contributed by atoms with Crippen LogP contribution in [0.4, 0.5) is 0 Å². The van der Waals surface area contributed by atoms with Crippen LogP contribution < -0.4 is 0 Å². The highest BCUT2D eigenvalue weighted by molar-refractivity contribution is 9.10. The quantitative estimate of drug-likeness (QED) is 0.725. The van der Waals surface area contributed by atoms with Crippen molar-refractivity contribution in [3.8, 4) is 11.3 Å². The van der Waals surface area contributed by atoms with Crippen molar-refractivity contribution in [2.45, 2.75) is 11.6 Å². The highest BCUT2D eigenvalue weighted by atomic mass is 79.9. The maximum atomic E-state index is 12.4. The van der Waals surface area contributed by atoms with Gasteiger partial charge in [-0.15, -0.1) is 0 Å². The van der Waals surface area contributed by atoms with E-state index >= 15 is 0 Å². The summed E-state index contributed by atoms with van der Waals surface area (Å²) in [4.78, 5) is 24.6. The van der Waals surface area contributed by atoms with Gasteiger partial charge >= 0.3 is 11.9 Å². The van der Waals surface area contributed by atoms with E-state index in [4.69, 9.17) is 9.47 Å². The molecule has 0 amide bonds. The molecule has 2 heterocycles. The first-order valence-electron chi connectivity index (χ1n) is 7.00. The molecular weight excluding hydrogens is 398 g/mol. The summed E-state index contributed by atoms with van der Waals surface area (Å²) in [5, 5.41) is 0. The molecule has 1 aromatic heterocycles. The van der Waals surface area contributed by atoms with Crippen molar-refractivity contribution in [1.82, 2.24) is 4.57 Å². The first-order valence-corrected chi connectivity index (χ1v) is 9.29. The number of nitrogens with zero attached hydrogens (tertiary/aromatic N) is 1. The number of rotatable bonds is 3. The first kappa shape index (κ1) is 16.9. The smallest absolute Gasteiger partial charge is 0.340 e. The van der Waals surface area contributed by atoms with Gasteiger partial charge in [0.25, 0.3) is 0 Å². The van der Waals surface area contributed by atoms with Crippen LogP contribution in [0.2, 0.25) is 0 Å². The van der Waals surface area contributed by atoms with Crippen molar-refractivity contribution >= 4 is 38.7 Å². The van der Waals surface area contributed by atoms with Gasteiger partial charge in [0.15, 0.2) is 0 Å². The van der Waals surface area contributed by atoms with E-state index in [9.17, 15) is 13.8 Å². The van der Waals surface area contributed by atoms with Gasteiger partial charge in [-0.25, -0.2) is 9.59 Å². The topological polar surface area (TPSA) is 74.6 Å². The number of carbonyl (C=O) groups is 2. The Labute approximate surface area is 149 Å². The van der Waals surface area contributed by atoms with Crippen molar-refractivity contribution in [3.63, 3.8) is 0 Å². The van der Waals surface area contributed by atoms with Crippen LogP contribution in [-0.2, 0) is 31.9 Å². The van der Waals surface area contributed by atoms with Crippen LogP contribution in [0.25, 0.3) is 11.3 Å². The molecule has 0 saturated carbocycles. The highest BCUT2D eigenvalue weighted by Crippen LogP contribution is 2.37. The molecule has 0 bridgehead atoms. The summed E-state index contributed by atoms with van der Waals surface area (Å²) in [6.45, 7) is 0. The standard InChI is InChI=1S/C16H14BrNO5S/c1-22-15(19)12-11-7-24(21)8-18(11)14(13(12)16(20)23-2)9-3-5-10(17)6-4-9/h3-6H,7-8H2,1-2H3. The van der Waals surface area contributed by atoms with Crippen molar-refractivity contribution in [3.05, 3.63) is 45.6 Å². The molecule has 126 valence electrons. The summed E-state index contributed by atoms with van der Waals surface area (Å²) in [5.74, 6) is -0.838. The molecular formula is C16H14BrNO5S. The average Bonchev–Trinajstić information content (AvgIpc) is 3.08. The maximum absolute atomic E-state index is 12.4. The lowest BCUT2D eigenvalue weighted by Gasteiger charge is -2.09. The second-order valence-corrected chi connectivity index (χ2v) is 7.52. The van der Waals surface area contributed by atoms with Crippen LogP contribution in [-0.4, -0.2) is 34.9 Å². The zero-order chi connectivity index (χ0) is 17.4. The van der Waals surface area contributed by atoms with Crippen LogP contribution in [0, 0.1) is 0 Å². The number of hydrogen-bond donors (Lipinski definition) is 0. The molecule has 0 aliphatic carbocycles. The molecule has 3 rings (SSSR count). The molecule has 0 saturated heterocycles. The van der Waals surface area contributed by atoms with Gasteiger partial charge in [-0.1, -0.05) is 28.1 Å². The Balaban J connectivity index is 2.34. The van der Waals surface area contributed by atoms with E-state index in [1.807, 2.05) is 24.3 Å². The normalized spacial score (nSPS) is 15.9. The predicted molar refractivity (Wildman–Crippen MR) is 92.1 cm³/mol. The Kier molecular flexibility index (Phi) is 4.60. The second kappa shape index (κ2) is 6.52. The fraction of sp³-hybridized carbons (Fsp3) is 0.250. The zero-order valence-electron chi connectivity index (χ0n) is 13.0. The Morgan fingerprint density at radius 2 is 1.67 bits per heavy atom. The van der Waals surface area contributed by atoms with Crippen molar-refractivity contribution in [2.75, 3.05) is 14.2 Å². The molecule has 1 aromatic carbocycles. The van der Waals surface area contributed by atoms with Crippen molar-refractivity contribution < 1.29 is 23.3 Å². The van der Waals surface area contributed by atoms with Gasteiger partial charge in [0.1, 0.15) is 5.56 Å². The van der Waals surface area contributed by atoms with Gasteiger partial charge in [0.05, 0.1) is 37.1 Å². The second-order valence-electron chi connectivity index (χ2n) is 5.18. The van der Waals surface area contributed by atoms with E-state index in [-0.39, 0.29) is 22.8 Å². The van der Waals surface area contributed by atoms with Gasteiger partial charge in [-0.3, -0.25) is 4.21 Å². The van der Waals surface area contributed by atoms with Gasteiger partial charge in [0, 0.05) is 21.0 Å². The zero-order valence-corrected chi connectivity index (χ0v) is 15.4. The molecule has 2 aromatic rings. The maximum Gasteiger partial charge on any atom is 0.340 e. The van der Waals surface area contributed by atoms with Crippen LogP contribution in [0.3, 0.4) is 0 Å². The molecule has 0 spiro atoms. The molecule has 24 heavy (non-hydrogen) atoms. The third kappa shape index (κ3) is 2.69. The van der Waals surface area contributed by atoms with Gasteiger partial charge in [0.2, 0.25) is 0 Å². The average molecular weight is 412 g/mol. The fourth-order valence-corrected chi connectivity index (χ4v) is 4.37. The number of carbonyl (C=O) groups excluding carboxylic acids is 2. The summed E-state index contributed by atoms with van der Waals surface area (Å²) in [7, 11) is 1.37. The lowest BCUT2D eigenvalue weighted by atomic mass is 10.0. The monoisotopic (exact) mass is 411 g/mol. The summed E-state index contributed by atoms with van der Waals surface area (Å²) in [6.07, 6.45) is 0. The number of halogens is 1. The van der Waals surface area contributed by atoms with E-state index in [0.29, 0.717) is 11.4 Å². The summed E-state index contributed by atoms with van der Waals surface area (Å²) in [6, 6.07) is 7.31. The molecule has 8 heteroatoms. The SMILES string of the molecule is COC(=O)c1c(C(=O)OC)c(-c2ccc(Br)cc2)n2c1CS(=O)C2. The Bertz CT molecular complexity index is 856. The summed E-state index contributed by atoms with van der Waals surface area (Å²) < 4.78 is 24.4. The lowest BCUT2D eigenvalue weighted by Crippen LogP contribution is -2.12. The van der Waals surface area contributed by atoms with E-state index in [1.165, 1.54) is 14.2 Å². The summed E-state index contributed by atoms with van der Waals surface area (Å²) in [5.41, 5.74) is 2.08. The molecule has 6 nitrogen and oxygen atoms in total. The number of hydrogen-bond acceptors (Lipinski definition) is 5. The van der Waals surface area contributed by atoms with E-state index < -0.39 is 22.7 Å². The largest absolute Gasteiger partial charge is 0.465 e. The minimum atomic E-state index is -1.14. The van der Waals surface area contributed by atoms with Crippen LogP contribution in [0.5, 0.6) is 0 Å². The number of esters is 2. The number of methoxy groups -OCH3 is 2. The van der Waals surface area contributed by atoms with E-state index in [0.717, 1.165) is 10.0 Å².